The summed E-state index contributed by atoms with van der Waals surface area (Å²) in [6.07, 6.45) is 2.84. The van der Waals surface area contributed by atoms with Crippen LogP contribution in [0.2, 0.25) is 0 Å². The van der Waals surface area contributed by atoms with Gasteiger partial charge in [-0.1, -0.05) is 13.8 Å². The number of methoxy groups -OCH3 is 1. The summed E-state index contributed by atoms with van der Waals surface area (Å²) in [7, 11) is 1.38. The summed E-state index contributed by atoms with van der Waals surface area (Å²) in [5, 5.41) is 7.42. The fourth-order valence-electron chi connectivity index (χ4n) is 3.37. The topological polar surface area (TPSA) is 78.2 Å². The number of rotatable bonds is 6. The third-order valence-electron chi connectivity index (χ3n) is 5.08. The number of carbonyl (C=O) groups is 1. The van der Waals surface area contributed by atoms with E-state index in [0.717, 1.165) is 12.2 Å². The van der Waals surface area contributed by atoms with E-state index in [1.807, 2.05) is 0 Å². The maximum absolute atomic E-state index is 13.8. The Morgan fingerprint density at radius 1 is 1.39 bits per heavy atom. The summed E-state index contributed by atoms with van der Waals surface area (Å²) in [4.78, 5) is 25.0. The van der Waals surface area contributed by atoms with Crippen LogP contribution in [0.25, 0.3) is 0 Å². The van der Waals surface area contributed by atoms with E-state index >= 15 is 0 Å². The van der Waals surface area contributed by atoms with Crippen molar-refractivity contribution < 1.29 is 13.9 Å². The second kappa shape index (κ2) is 8.58. The molecular weight excluding hydrogens is 363 g/mol. The molecule has 1 amide bonds. The van der Waals surface area contributed by atoms with Crippen LogP contribution in [-0.4, -0.2) is 33.4 Å². The Morgan fingerprint density at radius 3 is 2.86 bits per heavy atom. The molecule has 0 fully saturated rings. The molecule has 0 radical (unpaired) electrons. The predicted molar refractivity (Wildman–Crippen MR) is 103 cm³/mol. The average Bonchev–Trinajstić information content (AvgIpc) is 2.83. The van der Waals surface area contributed by atoms with Crippen LogP contribution in [0.5, 0.6) is 5.75 Å². The molecule has 8 heteroatoms. The van der Waals surface area contributed by atoms with E-state index in [0.29, 0.717) is 38.3 Å². The number of ether oxygens (including phenoxy) is 1. The molecule has 2 heterocycles. The molecule has 1 aromatic carbocycles. The molecule has 7 nitrogen and oxygen atoms in total. The highest BCUT2D eigenvalue weighted by atomic mass is 19.1. The van der Waals surface area contributed by atoms with Crippen molar-refractivity contribution in [3.8, 4) is 5.75 Å². The monoisotopic (exact) mass is 390 g/mol. The molecule has 28 heavy (non-hydrogen) atoms. The van der Waals surface area contributed by atoms with Gasteiger partial charge in [-0.25, -0.2) is 13.9 Å². The Balaban J connectivity index is 1.63. The quantitative estimate of drug-likeness (QED) is 0.821. The van der Waals surface area contributed by atoms with Crippen LogP contribution < -0.4 is 15.7 Å². The van der Waals surface area contributed by atoms with Gasteiger partial charge in [0.2, 0.25) is 0 Å². The first-order valence-corrected chi connectivity index (χ1v) is 9.70. The van der Waals surface area contributed by atoms with E-state index in [-0.39, 0.29) is 29.0 Å². The summed E-state index contributed by atoms with van der Waals surface area (Å²) < 4.78 is 22.0. The van der Waals surface area contributed by atoms with Crippen molar-refractivity contribution in [3.05, 3.63) is 45.9 Å². The number of nitrogens with one attached hydrogen (secondary N) is 1. The van der Waals surface area contributed by atoms with Gasteiger partial charge in [0, 0.05) is 31.1 Å². The van der Waals surface area contributed by atoms with Crippen LogP contribution in [0.4, 0.5) is 4.39 Å². The SMILES string of the molecule is COc1ccc(C(=O)NC2CCc3nn(CCC(C)C)c(=O)n3CC2)cc1F. The van der Waals surface area contributed by atoms with Gasteiger partial charge in [-0.2, -0.15) is 5.10 Å². The number of halogens is 1. The Labute approximate surface area is 163 Å². The molecule has 0 saturated carbocycles. The minimum atomic E-state index is -0.571. The first-order chi connectivity index (χ1) is 13.4. The Bertz CT molecular complexity index is 903. The number of nitrogens with zero attached hydrogens (tertiary/aromatic N) is 3. The lowest BCUT2D eigenvalue weighted by Gasteiger charge is -2.16. The standard InChI is InChI=1S/C20H27FN4O3/c1-13(2)8-11-25-20(27)24-10-9-15(5-7-18(24)23-25)22-19(26)14-4-6-17(28-3)16(21)12-14/h4,6,12-13,15H,5,7-11H2,1-3H3,(H,22,26). The van der Waals surface area contributed by atoms with E-state index in [4.69, 9.17) is 4.74 Å². The van der Waals surface area contributed by atoms with Crippen LogP contribution in [-0.2, 0) is 19.5 Å². The van der Waals surface area contributed by atoms with Crippen molar-refractivity contribution in [2.45, 2.75) is 58.7 Å². The maximum Gasteiger partial charge on any atom is 0.345 e. The van der Waals surface area contributed by atoms with Gasteiger partial charge in [0.15, 0.2) is 11.6 Å². The van der Waals surface area contributed by atoms with Crippen LogP contribution in [0.1, 0.15) is 49.3 Å². The molecule has 1 unspecified atom stereocenters. The molecular formula is C20H27FN4O3. The molecule has 3 rings (SSSR count). The summed E-state index contributed by atoms with van der Waals surface area (Å²) >= 11 is 0. The zero-order valence-electron chi connectivity index (χ0n) is 16.6. The van der Waals surface area contributed by atoms with Gasteiger partial charge in [0.1, 0.15) is 5.82 Å². The van der Waals surface area contributed by atoms with Crippen molar-refractivity contribution in [2.75, 3.05) is 7.11 Å². The third-order valence-corrected chi connectivity index (χ3v) is 5.08. The lowest BCUT2D eigenvalue weighted by molar-refractivity contribution is 0.0932. The molecule has 1 aromatic heterocycles. The number of benzene rings is 1. The van der Waals surface area contributed by atoms with Crippen molar-refractivity contribution in [2.24, 2.45) is 5.92 Å². The number of amides is 1. The van der Waals surface area contributed by atoms with Gasteiger partial charge in [-0.05, 0) is 43.4 Å². The van der Waals surface area contributed by atoms with Crippen LogP contribution in [0.3, 0.4) is 0 Å². The summed E-state index contributed by atoms with van der Waals surface area (Å²) in [5.74, 6) is 0.473. The maximum atomic E-state index is 13.8. The van der Waals surface area contributed by atoms with Gasteiger partial charge in [0.25, 0.3) is 5.91 Å². The molecule has 2 aromatic rings. The number of aryl methyl sites for hydroxylation is 2. The zero-order chi connectivity index (χ0) is 20.3. The normalized spacial score (nSPS) is 16.5. The first kappa shape index (κ1) is 20.1. The Kier molecular flexibility index (Phi) is 6.16. The molecule has 1 aliphatic rings. The van der Waals surface area contributed by atoms with E-state index in [2.05, 4.69) is 24.3 Å². The molecule has 1 N–H and O–H groups in total. The predicted octanol–water partition coefficient (Wildman–Crippen LogP) is 2.37. The van der Waals surface area contributed by atoms with Crippen molar-refractivity contribution in [1.82, 2.24) is 19.7 Å². The Morgan fingerprint density at radius 2 is 2.18 bits per heavy atom. The van der Waals surface area contributed by atoms with Crippen LogP contribution in [0.15, 0.2) is 23.0 Å². The smallest absolute Gasteiger partial charge is 0.345 e. The second-order valence-corrected chi connectivity index (χ2v) is 7.60. The van der Waals surface area contributed by atoms with Gasteiger partial charge in [-0.15, -0.1) is 0 Å². The molecule has 0 bridgehead atoms. The van der Waals surface area contributed by atoms with E-state index in [1.165, 1.54) is 25.3 Å². The highest BCUT2D eigenvalue weighted by Gasteiger charge is 2.22. The largest absolute Gasteiger partial charge is 0.494 e. The highest BCUT2D eigenvalue weighted by molar-refractivity contribution is 5.94. The number of aromatic nitrogens is 3. The van der Waals surface area contributed by atoms with Crippen LogP contribution in [0, 0.1) is 11.7 Å². The summed E-state index contributed by atoms with van der Waals surface area (Å²) in [6, 6.07) is 4.05. The minimum Gasteiger partial charge on any atom is -0.494 e. The van der Waals surface area contributed by atoms with Crippen molar-refractivity contribution in [3.63, 3.8) is 0 Å². The second-order valence-electron chi connectivity index (χ2n) is 7.60. The number of hydrogen-bond donors (Lipinski definition) is 1. The third kappa shape index (κ3) is 4.43. The first-order valence-electron chi connectivity index (χ1n) is 9.70. The number of hydrogen-bond acceptors (Lipinski definition) is 4. The minimum absolute atomic E-state index is 0.0835. The highest BCUT2D eigenvalue weighted by Crippen LogP contribution is 2.18. The van der Waals surface area contributed by atoms with E-state index < -0.39 is 5.82 Å². The molecule has 0 saturated heterocycles. The fourth-order valence-corrected chi connectivity index (χ4v) is 3.37. The lowest BCUT2D eigenvalue weighted by Crippen LogP contribution is -2.36. The van der Waals surface area contributed by atoms with Crippen molar-refractivity contribution in [1.29, 1.82) is 0 Å². The summed E-state index contributed by atoms with van der Waals surface area (Å²) in [5.41, 5.74) is 0.163. The van der Waals surface area contributed by atoms with Gasteiger partial charge in [-0.3, -0.25) is 9.36 Å². The molecule has 0 spiro atoms. The van der Waals surface area contributed by atoms with Crippen LogP contribution >= 0.6 is 0 Å². The van der Waals surface area contributed by atoms with Gasteiger partial charge < -0.3 is 10.1 Å². The van der Waals surface area contributed by atoms with E-state index in [1.54, 1.807) is 9.25 Å². The molecule has 152 valence electrons. The van der Waals surface area contributed by atoms with Gasteiger partial charge >= 0.3 is 5.69 Å². The zero-order valence-corrected chi connectivity index (χ0v) is 16.6. The number of fused-ring (bicyclic) bond motifs is 1. The summed E-state index contributed by atoms with van der Waals surface area (Å²) in [6.45, 7) is 5.37. The molecule has 0 aliphatic carbocycles. The molecule has 1 atom stereocenters. The number of carbonyl (C=O) groups excluding carboxylic acids is 1. The lowest BCUT2D eigenvalue weighted by atomic mass is 10.1. The van der Waals surface area contributed by atoms with Crippen molar-refractivity contribution >= 4 is 5.91 Å². The van der Waals surface area contributed by atoms with Gasteiger partial charge in [0.05, 0.1) is 7.11 Å². The average molecular weight is 390 g/mol. The van der Waals surface area contributed by atoms with E-state index in [9.17, 15) is 14.0 Å². The Hall–Kier alpha value is -2.64. The fraction of sp³-hybridized carbons (Fsp3) is 0.550. The molecule has 1 aliphatic heterocycles.